The maximum atomic E-state index is 9.47. The Balaban J connectivity index is 1.87. The van der Waals surface area contributed by atoms with Gasteiger partial charge in [0.25, 0.3) is 0 Å². The molecule has 0 amide bonds. The molecule has 2 aliphatic rings. The Morgan fingerprint density at radius 1 is 0.889 bits per heavy atom. The average molecular weight is 245 g/mol. The van der Waals surface area contributed by atoms with Gasteiger partial charge in [-0.05, 0) is 36.8 Å². The number of benzene rings is 1. The lowest BCUT2D eigenvalue weighted by Crippen LogP contribution is -2.32. The number of aliphatic hydroxyl groups is 1. The average Bonchev–Trinajstić information content (AvgIpc) is 3.09. The second-order valence-electron chi connectivity index (χ2n) is 6.21. The third-order valence-electron chi connectivity index (χ3n) is 5.22. The molecule has 0 atom stereocenters. The number of rotatable bonds is 4. The summed E-state index contributed by atoms with van der Waals surface area (Å²) in [6.07, 6.45) is 7.33. The highest BCUT2D eigenvalue weighted by Crippen LogP contribution is 2.48. The van der Waals surface area contributed by atoms with Crippen LogP contribution in [-0.4, -0.2) is 18.3 Å². The van der Waals surface area contributed by atoms with Crippen LogP contribution in [0, 0.1) is 0 Å². The van der Waals surface area contributed by atoms with E-state index in [4.69, 9.17) is 5.73 Å². The van der Waals surface area contributed by atoms with E-state index in [0.717, 1.165) is 19.4 Å². The van der Waals surface area contributed by atoms with Crippen LogP contribution in [0.4, 0.5) is 0 Å². The SMILES string of the molecule is NCC1(c2ccc(C3(CO)CC3)cc2)CCCC1. The summed E-state index contributed by atoms with van der Waals surface area (Å²) >= 11 is 0. The topological polar surface area (TPSA) is 46.2 Å². The fourth-order valence-electron chi connectivity index (χ4n) is 3.53. The van der Waals surface area contributed by atoms with Crippen LogP contribution in [0.2, 0.25) is 0 Å². The van der Waals surface area contributed by atoms with Crippen LogP contribution in [0.15, 0.2) is 24.3 Å². The lowest BCUT2D eigenvalue weighted by atomic mass is 9.78. The van der Waals surface area contributed by atoms with Crippen molar-refractivity contribution in [3.8, 4) is 0 Å². The minimum Gasteiger partial charge on any atom is -0.395 e. The number of hydrogen-bond donors (Lipinski definition) is 2. The molecule has 3 N–H and O–H groups in total. The molecule has 3 rings (SSSR count). The molecule has 0 unspecified atom stereocenters. The van der Waals surface area contributed by atoms with E-state index < -0.39 is 0 Å². The molecule has 0 saturated heterocycles. The lowest BCUT2D eigenvalue weighted by Gasteiger charge is -2.28. The molecule has 98 valence electrons. The quantitative estimate of drug-likeness (QED) is 0.856. The minimum absolute atomic E-state index is 0.0874. The maximum Gasteiger partial charge on any atom is 0.0527 e. The molecule has 0 aromatic heterocycles. The van der Waals surface area contributed by atoms with Gasteiger partial charge in [0, 0.05) is 17.4 Å². The number of hydrogen-bond acceptors (Lipinski definition) is 2. The normalized spacial score (nSPS) is 24.1. The Labute approximate surface area is 109 Å². The monoisotopic (exact) mass is 245 g/mol. The van der Waals surface area contributed by atoms with Crippen molar-refractivity contribution in [2.24, 2.45) is 5.73 Å². The van der Waals surface area contributed by atoms with Gasteiger partial charge in [-0.15, -0.1) is 0 Å². The summed E-state index contributed by atoms with van der Waals surface area (Å²) in [4.78, 5) is 0. The highest BCUT2D eigenvalue weighted by atomic mass is 16.3. The van der Waals surface area contributed by atoms with Crippen molar-refractivity contribution >= 4 is 0 Å². The minimum atomic E-state index is 0.0874. The zero-order valence-corrected chi connectivity index (χ0v) is 11.0. The van der Waals surface area contributed by atoms with Gasteiger partial charge in [0.05, 0.1) is 6.61 Å². The van der Waals surface area contributed by atoms with Gasteiger partial charge in [0.2, 0.25) is 0 Å². The van der Waals surface area contributed by atoms with E-state index in [1.807, 2.05) is 0 Å². The predicted molar refractivity (Wildman–Crippen MR) is 73.6 cm³/mol. The van der Waals surface area contributed by atoms with Gasteiger partial charge >= 0.3 is 0 Å². The molecule has 0 bridgehead atoms. The van der Waals surface area contributed by atoms with Gasteiger partial charge in [0.1, 0.15) is 0 Å². The molecule has 1 aromatic rings. The summed E-state index contributed by atoms with van der Waals surface area (Å²) in [6, 6.07) is 8.94. The third kappa shape index (κ3) is 1.79. The van der Waals surface area contributed by atoms with Crippen LogP contribution in [0.5, 0.6) is 0 Å². The molecule has 1 aromatic carbocycles. The van der Waals surface area contributed by atoms with Crippen molar-refractivity contribution in [3.63, 3.8) is 0 Å². The molecule has 0 heterocycles. The van der Waals surface area contributed by atoms with Crippen LogP contribution in [0.3, 0.4) is 0 Å². The van der Waals surface area contributed by atoms with Gasteiger partial charge in [0.15, 0.2) is 0 Å². The van der Waals surface area contributed by atoms with Crippen LogP contribution < -0.4 is 5.73 Å². The first kappa shape index (κ1) is 12.2. The van der Waals surface area contributed by atoms with E-state index in [-0.39, 0.29) is 17.4 Å². The molecule has 2 saturated carbocycles. The highest BCUT2D eigenvalue weighted by Gasteiger charge is 2.44. The first-order valence-corrected chi connectivity index (χ1v) is 7.17. The first-order valence-electron chi connectivity index (χ1n) is 7.17. The number of nitrogens with two attached hydrogens (primary N) is 1. The number of aliphatic hydroxyl groups excluding tert-OH is 1. The van der Waals surface area contributed by atoms with E-state index >= 15 is 0 Å². The van der Waals surface area contributed by atoms with Gasteiger partial charge in [-0.3, -0.25) is 0 Å². The molecule has 18 heavy (non-hydrogen) atoms. The molecule has 0 aliphatic heterocycles. The standard InChI is InChI=1S/C16H23NO/c17-11-15(7-1-2-8-15)13-3-5-14(6-4-13)16(12-18)9-10-16/h3-6,18H,1-2,7-12,17H2. The molecule has 2 nitrogen and oxygen atoms in total. The zero-order chi connectivity index (χ0) is 12.6. The summed E-state index contributed by atoms with van der Waals surface area (Å²) in [5, 5.41) is 9.47. The second kappa shape index (κ2) is 4.36. The van der Waals surface area contributed by atoms with Gasteiger partial charge < -0.3 is 10.8 Å². The van der Waals surface area contributed by atoms with Crippen LogP contribution in [0.1, 0.15) is 49.7 Å². The van der Waals surface area contributed by atoms with Gasteiger partial charge in [-0.2, -0.15) is 0 Å². The molecule has 0 spiro atoms. The van der Waals surface area contributed by atoms with E-state index in [9.17, 15) is 5.11 Å². The second-order valence-corrected chi connectivity index (χ2v) is 6.21. The van der Waals surface area contributed by atoms with Crippen molar-refractivity contribution in [2.45, 2.75) is 49.4 Å². The summed E-state index contributed by atoms with van der Waals surface area (Å²) in [5.41, 5.74) is 9.05. The first-order chi connectivity index (χ1) is 8.75. The van der Waals surface area contributed by atoms with E-state index in [0.29, 0.717) is 0 Å². The molecule has 2 aliphatic carbocycles. The third-order valence-corrected chi connectivity index (χ3v) is 5.22. The molecule has 0 radical (unpaired) electrons. The lowest BCUT2D eigenvalue weighted by molar-refractivity contribution is 0.255. The van der Waals surface area contributed by atoms with E-state index in [1.165, 1.54) is 36.8 Å². The maximum absolute atomic E-state index is 9.47. The van der Waals surface area contributed by atoms with Crippen LogP contribution in [-0.2, 0) is 10.8 Å². The van der Waals surface area contributed by atoms with Crippen molar-refractivity contribution in [2.75, 3.05) is 13.2 Å². The van der Waals surface area contributed by atoms with Crippen molar-refractivity contribution in [3.05, 3.63) is 35.4 Å². The summed E-state index contributed by atoms with van der Waals surface area (Å²) in [5.74, 6) is 0. The fraction of sp³-hybridized carbons (Fsp3) is 0.625. The van der Waals surface area contributed by atoms with Crippen LogP contribution in [0.25, 0.3) is 0 Å². The van der Waals surface area contributed by atoms with E-state index in [1.54, 1.807) is 0 Å². The van der Waals surface area contributed by atoms with E-state index in [2.05, 4.69) is 24.3 Å². The zero-order valence-electron chi connectivity index (χ0n) is 11.0. The van der Waals surface area contributed by atoms with Crippen molar-refractivity contribution in [1.82, 2.24) is 0 Å². The van der Waals surface area contributed by atoms with Gasteiger partial charge in [-0.1, -0.05) is 37.1 Å². The van der Waals surface area contributed by atoms with Gasteiger partial charge in [-0.25, -0.2) is 0 Å². The van der Waals surface area contributed by atoms with Crippen molar-refractivity contribution in [1.29, 1.82) is 0 Å². The largest absolute Gasteiger partial charge is 0.395 e. The predicted octanol–water partition coefficient (Wildman–Crippen LogP) is 2.48. The molecule has 2 heteroatoms. The summed E-state index contributed by atoms with van der Waals surface area (Å²) < 4.78 is 0. The fourth-order valence-corrected chi connectivity index (χ4v) is 3.53. The summed E-state index contributed by atoms with van der Waals surface area (Å²) in [6.45, 7) is 1.05. The Kier molecular flexibility index (Phi) is 2.95. The molecular weight excluding hydrogens is 222 g/mol. The van der Waals surface area contributed by atoms with Crippen molar-refractivity contribution < 1.29 is 5.11 Å². The Morgan fingerprint density at radius 2 is 1.39 bits per heavy atom. The Bertz CT molecular complexity index is 413. The summed E-state index contributed by atoms with van der Waals surface area (Å²) in [7, 11) is 0. The Hall–Kier alpha value is -0.860. The molecule has 2 fully saturated rings. The Morgan fingerprint density at radius 3 is 1.78 bits per heavy atom. The van der Waals surface area contributed by atoms with Crippen LogP contribution >= 0.6 is 0 Å². The molecular formula is C16H23NO. The smallest absolute Gasteiger partial charge is 0.0527 e. The highest BCUT2D eigenvalue weighted by molar-refractivity contribution is 5.37.